The molecule has 2 amide bonds. The number of allylic oxidation sites excluding steroid dienone is 2. The Labute approximate surface area is 179 Å². The van der Waals surface area contributed by atoms with Crippen LogP contribution in [0.5, 0.6) is 0 Å². The normalized spacial score (nSPS) is 25.5. The molecule has 1 aromatic carbocycles. The summed E-state index contributed by atoms with van der Waals surface area (Å²) in [6, 6.07) is 8.26. The number of halogens is 1. The number of anilines is 1. The van der Waals surface area contributed by atoms with Gasteiger partial charge in [-0.3, -0.25) is 19.8 Å². The second-order valence-corrected chi connectivity index (χ2v) is 8.67. The number of nitrogens with zero attached hydrogens (tertiary/aromatic N) is 1. The minimum Gasteiger partial charge on any atom is -0.370 e. The predicted molar refractivity (Wildman–Crippen MR) is 119 cm³/mol. The Hall–Kier alpha value is -1.93. The van der Waals surface area contributed by atoms with E-state index < -0.39 is 6.04 Å². The zero-order valence-electron chi connectivity index (χ0n) is 15.9. The largest absolute Gasteiger partial charge is 0.370 e. The smallest absolute Gasteiger partial charge is 0.254 e. The van der Waals surface area contributed by atoms with Gasteiger partial charge in [-0.1, -0.05) is 25.6 Å². The van der Waals surface area contributed by atoms with Crippen molar-refractivity contribution in [3.8, 4) is 0 Å². The van der Waals surface area contributed by atoms with E-state index in [0.717, 1.165) is 33.5 Å². The average molecular weight is 489 g/mol. The lowest BCUT2D eigenvalue weighted by molar-refractivity contribution is -0.129. The highest BCUT2D eigenvalue weighted by Gasteiger charge is 2.36. The number of nitrogens with one attached hydrogen (secondary N) is 2. The lowest BCUT2D eigenvalue weighted by Gasteiger charge is -2.30. The van der Waals surface area contributed by atoms with Crippen LogP contribution in [0.1, 0.15) is 37.8 Å². The Bertz CT molecular complexity index is 901. The third-order valence-electron chi connectivity index (χ3n) is 5.82. The van der Waals surface area contributed by atoms with Crippen LogP contribution in [0.25, 0.3) is 0 Å². The fourth-order valence-corrected chi connectivity index (χ4v) is 4.82. The second kappa shape index (κ2) is 7.83. The fraction of sp³-hybridized carbons (Fsp3) is 0.364. The SMILES string of the molecule is C=C1CC2=C(C=C1I)C(Nc1ccc(C3CCCN3CC)cc1)C(=O)NC2=O. The number of hydrogen-bond donors (Lipinski definition) is 2. The van der Waals surface area contributed by atoms with Gasteiger partial charge < -0.3 is 5.32 Å². The van der Waals surface area contributed by atoms with Crippen LogP contribution in [0.2, 0.25) is 0 Å². The van der Waals surface area contributed by atoms with Crippen LogP contribution in [0.3, 0.4) is 0 Å². The topological polar surface area (TPSA) is 61.4 Å². The summed E-state index contributed by atoms with van der Waals surface area (Å²) in [5.74, 6) is -0.621. The molecule has 28 heavy (non-hydrogen) atoms. The molecule has 5 nitrogen and oxygen atoms in total. The molecule has 146 valence electrons. The molecule has 4 rings (SSSR count). The summed E-state index contributed by atoms with van der Waals surface area (Å²) in [4.78, 5) is 27.3. The minimum absolute atomic E-state index is 0.310. The molecule has 6 heteroatoms. The third-order valence-corrected chi connectivity index (χ3v) is 6.89. The summed E-state index contributed by atoms with van der Waals surface area (Å²) in [5, 5.41) is 5.79. The van der Waals surface area contributed by atoms with Gasteiger partial charge in [-0.2, -0.15) is 0 Å². The van der Waals surface area contributed by atoms with Gasteiger partial charge in [0.25, 0.3) is 11.8 Å². The molecule has 0 bridgehead atoms. The van der Waals surface area contributed by atoms with Crippen molar-refractivity contribution < 1.29 is 9.59 Å². The van der Waals surface area contributed by atoms with E-state index in [-0.39, 0.29) is 11.8 Å². The van der Waals surface area contributed by atoms with Crippen LogP contribution < -0.4 is 10.6 Å². The quantitative estimate of drug-likeness (QED) is 0.499. The Balaban J connectivity index is 1.57. The van der Waals surface area contributed by atoms with Crippen molar-refractivity contribution >= 4 is 40.1 Å². The van der Waals surface area contributed by atoms with E-state index in [0.29, 0.717) is 18.0 Å². The Morgan fingerprint density at radius 2 is 2.04 bits per heavy atom. The Kier molecular flexibility index (Phi) is 5.42. The van der Waals surface area contributed by atoms with E-state index in [2.05, 4.69) is 63.8 Å². The lowest BCUT2D eigenvalue weighted by atomic mass is 9.87. The zero-order valence-corrected chi connectivity index (χ0v) is 18.1. The van der Waals surface area contributed by atoms with E-state index in [1.807, 2.05) is 18.2 Å². The van der Waals surface area contributed by atoms with Crippen LogP contribution >= 0.6 is 22.6 Å². The molecule has 2 atom stereocenters. The van der Waals surface area contributed by atoms with E-state index in [9.17, 15) is 9.59 Å². The summed E-state index contributed by atoms with van der Waals surface area (Å²) in [6.45, 7) is 8.44. The number of amides is 2. The van der Waals surface area contributed by atoms with E-state index in [1.54, 1.807) is 0 Å². The first-order valence-corrected chi connectivity index (χ1v) is 10.8. The standard InChI is InChI=1S/C22H24IN3O2/c1-3-26-10-4-5-19(26)14-6-8-15(9-7-14)24-20-16-12-18(23)13(2)11-17(16)21(27)25-22(20)28/h6-9,12,19-20,24H,2-5,10-11H2,1H3,(H,25,27,28). The maximum atomic E-state index is 12.5. The molecular weight excluding hydrogens is 465 g/mol. The third kappa shape index (κ3) is 3.55. The van der Waals surface area contributed by atoms with Crippen LogP contribution in [0.15, 0.2) is 57.2 Å². The van der Waals surface area contributed by atoms with Gasteiger partial charge in [-0.25, -0.2) is 0 Å². The zero-order chi connectivity index (χ0) is 19.8. The number of hydrogen-bond acceptors (Lipinski definition) is 4. The first-order chi connectivity index (χ1) is 13.5. The summed E-state index contributed by atoms with van der Waals surface area (Å²) in [5.41, 5.74) is 4.48. The van der Waals surface area contributed by atoms with Gasteiger partial charge in [0.1, 0.15) is 6.04 Å². The first kappa shape index (κ1) is 19.4. The highest BCUT2D eigenvalue weighted by Crippen LogP contribution is 2.36. The van der Waals surface area contributed by atoms with Crippen molar-refractivity contribution in [2.75, 3.05) is 18.4 Å². The molecule has 0 radical (unpaired) electrons. The fourth-order valence-electron chi connectivity index (χ4n) is 4.29. The van der Waals surface area contributed by atoms with Crippen molar-refractivity contribution in [1.29, 1.82) is 0 Å². The molecule has 0 spiro atoms. The van der Waals surface area contributed by atoms with Crippen molar-refractivity contribution in [3.05, 3.63) is 62.8 Å². The molecule has 1 fully saturated rings. The molecule has 2 heterocycles. The van der Waals surface area contributed by atoms with Crippen LogP contribution in [0, 0.1) is 0 Å². The second-order valence-electron chi connectivity index (χ2n) is 7.51. The van der Waals surface area contributed by atoms with Crippen LogP contribution in [0.4, 0.5) is 5.69 Å². The number of rotatable bonds is 4. The monoisotopic (exact) mass is 489 g/mol. The summed E-state index contributed by atoms with van der Waals surface area (Å²) >= 11 is 2.21. The molecule has 0 saturated carbocycles. The molecule has 0 aromatic heterocycles. The molecule has 1 saturated heterocycles. The van der Waals surface area contributed by atoms with Crippen molar-refractivity contribution in [2.24, 2.45) is 0 Å². The first-order valence-electron chi connectivity index (χ1n) is 9.72. The maximum absolute atomic E-state index is 12.5. The number of carbonyl (C=O) groups excluding carboxylic acids is 2. The minimum atomic E-state index is -0.574. The number of benzene rings is 1. The molecule has 2 aliphatic heterocycles. The number of carbonyl (C=O) groups is 2. The number of imide groups is 1. The van der Waals surface area contributed by atoms with E-state index in [4.69, 9.17) is 0 Å². The summed E-state index contributed by atoms with van der Waals surface area (Å²) in [6.07, 6.45) is 4.82. The maximum Gasteiger partial charge on any atom is 0.254 e. The van der Waals surface area contributed by atoms with Crippen molar-refractivity contribution in [2.45, 2.75) is 38.3 Å². The van der Waals surface area contributed by atoms with E-state index >= 15 is 0 Å². The lowest BCUT2D eigenvalue weighted by Crippen LogP contribution is -2.49. The molecule has 1 aliphatic carbocycles. The Morgan fingerprint density at radius 1 is 1.29 bits per heavy atom. The van der Waals surface area contributed by atoms with Gasteiger partial charge in [0.05, 0.1) is 0 Å². The molecule has 3 aliphatic rings. The van der Waals surface area contributed by atoms with Gasteiger partial charge in [-0.05, 0) is 83.4 Å². The van der Waals surface area contributed by atoms with Crippen molar-refractivity contribution in [3.63, 3.8) is 0 Å². The highest BCUT2D eigenvalue weighted by molar-refractivity contribution is 14.1. The molecule has 2 N–H and O–H groups in total. The van der Waals surface area contributed by atoms with Gasteiger partial charge in [0.2, 0.25) is 0 Å². The predicted octanol–water partition coefficient (Wildman–Crippen LogP) is 3.86. The molecular formula is C22H24IN3O2. The summed E-state index contributed by atoms with van der Waals surface area (Å²) in [7, 11) is 0. The molecule has 2 unspecified atom stereocenters. The van der Waals surface area contributed by atoms with Crippen molar-refractivity contribution in [1.82, 2.24) is 10.2 Å². The Morgan fingerprint density at radius 3 is 2.75 bits per heavy atom. The van der Waals surface area contributed by atoms with Gasteiger partial charge in [0.15, 0.2) is 0 Å². The van der Waals surface area contributed by atoms with Gasteiger partial charge in [0, 0.05) is 27.3 Å². The van der Waals surface area contributed by atoms with Crippen LogP contribution in [-0.2, 0) is 9.59 Å². The number of likely N-dealkylation sites (tertiary alicyclic amines) is 1. The van der Waals surface area contributed by atoms with E-state index in [1.165, 1.54) is 18.4 Å². The average Bonchev–Trinajstić information content (AvgIpc) is 3.16. The van der Waals surface area contributed by atoms with Gasteiger partial charge in [-0.15, -0.1) is 0 Å². The van der Waals surface area contributed by atoms with Crippen LogP contribution in [-0.4, -0.2) is 35.8 Å². The van der Waals surface area contributed by atoms with Gasteiger partial charge >= 0.3 is 0 Å². The molecule has 1 aromatic rings. The summed E-state index contributed by atoms with van der Waals surface area (Å²) < 4.78 is 0.988. The highest BCUT2D eigenvalue weighted by atomic mass is 127.